The second-order valence-corrected chi connectivity index (χ2v) is 12.7. The molecule has 0 amide bonds. The van der Waals surface area contributed by atoms with E-state index in [9.17, 15) is 5.26 Å². The number of unbranched alkanes of at least 4 members (excludes halogenated alkanes) is 8. The highest BCUT2D eigenvalue weighted by Crippen LogP contribution is 2.45. The minimum atomic E-state index is -0.0310. The molecule has 1 nitrogen and oxygen atoms in total. The van der Waals surface area contributed by atoms with Crippen LogP contribution in [0.4, 0.5) is 0 Å². The third kappa shape index (κ3) is 9.88. The topological polar surface area (TPSA) is 23.8 Å². The Morgan fingerprint density at radius 2 is 1.25 bits per heavy atom. The Kier molecular flexibility index (Phi) is 13.4. The second-order valence-electron chi connectivity index (χ2n) is 12.7. The van der Waals surface area contributed by atoms with Crippen molar-refractivity contribution in [3.05, 3.63) is 35.4 Å². The van der Waals surface area contributed by atoms with Crippen LogP contribution in [0.15, 0.2) is 24.3 Å². The van der Waals surface area contributed by atoms with E-state index in [1.54, 1.807) is 0 Å². The highest BCUT2D eigenvalue weighted by Gasteiger charge is 2.35. The Balaban J connectivity index is 1.32. The van der Waals surface area contributed by atoms with Crippen LogP contribution in [0.3, 0.4) is 0 Å². The fourth-order valence-corrected chi connectivity index (χ4v) is 7.16. The lowest BCUT2D eigenvalue weighted by Crippen LogP contribution is -2.25. The molecule has 36 heavy (non-hydrogen) atoms. The molecule has 0 aromatic heterocycles. The Labute approximate surface area is 224 Å². The standard InChI is InChI=1S/C35H57N/c1-3-5-7-9-11-13-30-14-16-31(17-15-30)18-19-32-20-22-33(23-21-32)34-24-27-35(29-36,28-25-34)26-12-10-8-6-4-2/h20-23,30-31,34H,3-19,24-28H2,1-2H3/t30-,31-,34?,35?. The van der Waals surface area contributed by atoms with Gasteiger partial charge in [-0.1, -0.05) is 134 Å². The summed E-state index contributed by atoms with van der Waals surface area (Å²) >= 11 is 0. The molecule has 0 unspecified atom stereocenters. The second kappa shape index (κ2) is 16.5. The maximum atomic E-state index is 9.93. The summed E-state index contributed by atoms with van der Waals surface area (Å²) in [7, 11) is 0. The van der Waals surface area contributed by atoms with E-state index >= 15 is 0 Å². The van der Waals surface area contributed by atoms with Crippen LogP contribution in [-0.4, -0.2) is 0 Å². The van der Waals surface area contributed by atoms with Gasteiger partial charge in [-0.3, -0.25) is 0 Å². The van der Waals surface area contributed by atoms with Crippen molar-refractivity contribution in [2.45, 2.75) is 161 Å². The van der Waals surface area contributed by atoms with E-state index in [0.29, 0.717) is 5.92 Å². The van der Waals surface area contributed by atoms with E-state index in [0.717, 1.165) is 31.1 Å². The average molecular weight is 492 g/mol. The number of hydrogen-bond acceptors (Lipinski definition) is 1. The third-order valence-electron chi connectivity index (χ3n) is 9.91. The van der Waals surface area contributed by atoms with Gasteiger partial charge in [0.05, 0.1) is 11.5 Å². The Morgan fingerprint density at radius 3 is 1.83 bits per heavy atom. The molecule has 0 aliphatic heterocycles. The van der Waals surface area contributed by atoms with Crippen molar-refractivity contribution in [3.63, 3.8) is 0 Å². The molecular formula is C35H57N. The van der Waals surface area contributed by atoms with Gasteiger partial charge in [0.25, 0.3) is 0 Å². The average Bonchev–Trinajstić information content (AvgIpc) is 2.93. The molecule has 0 atom stereocenters. The lowest BCUT2D eigenvalue weighted by atomic mass is 9.67. The smallest absolute Gasteiger partial charge is 0.0689 e. The van der Waals surface area contributed by atoms with Gasteiger partial charge in [-0.2, -0.15) is 5.26 Å². The molecule has 2 aliphatic rings. The fraction of sp³-hybridized carbons (Fsp3) is 0.800. The third-order valence-corrected chi connectivity index (χ3v) is 9.91. The Bertz CT molecular complexity index is 725. The summed E-state index contributed by atoms with van der Waals surface area (Å²) in [5, 5.41) is 9.93. The van der Waals surface area contributed by atoms with E-state index in [-0.39, 0.29) is 5.41 Å². The van der Waals surface area contributed by atoms with Gasteiger partial charge in [0, 0.05) is 0 Å². The van der Waals surface area contributed by atoms with Crippen molar-refractivity contribution in [2.75, 3.05) is 0 Å². The number of hydrogen-bond donors (Lipinski definition) is 0. The van der Waals surface area contributed by atoms with Crippen LogP contribution >= 0.6 is 0 Å². The van der Waals surface area contributed by atoms with Crippen LogP contribution < -0.4 is 0 Å². The van der Waals surface area contributed by atoms with Crippen molar-refractivity contribution in [1.29, 1.82) is 5.26 Å². The van der Waals surface area contributed by atoms with Gasteiger partial charge in [-0.05, 0) is 73.8 Å². The van der Waals surface area contributed by atoms with Crippen molar-refractivity contribution in [1.82, 2.24) is 0 Å². The van der Waals surface area contributed by atoms with E-state index in [2.05, 4.69) is 44.2 Å². The van der Waals surface area contributed by atoms with Gasteiger partial charge in [0.1, 0.15) is 0 Å². The first-order chi connectivity index (χ1) is 17.7. The summed E-state index contributed by atoms with van der Waals surface area (Å²) in [5.41, 5.74) is 3.02. The monoisotopic (exact) mass is 491 g/mol. The predicted molar refractivity (Wildman–Crippen MR) is 156 cm³/mol. The molecule has 2 fully saturated rings. The maximum Gasteiger partial charge on any atom is 0.0689 e. The summed E-state index contributed by atoms with van der Waals surface area (Å²) < 4.78 is 0. The molecule has 202 valence electrons. The van der Waals surface area contributed by atoms with Crippen LogP contribution in [0, 0.1) is 28.6 Å². The fourth-order valence-electron chi connectivity index (χ4n) is 7.16. The van der Waals surface area contributed by atoms with Gasteiger partial charge in [-0.25, -0.2) is 0 Å². The normalized spacial score (nSPS) is 26.5. The summed E-state index contributed by atoms with van der Waals surface area (Å²) in [6.07, 6.45) is 29.5. The Morgan fingerprint density at radius 1 is 0.694 bits per heavy atom. The molecule has 1 aromatic rings. The van der Waals surface area contributed by atoms with E-state index < -0.39 is 0 Å². The van der Waals surface area contributed by atoms with Gasteiger partial charge >= 0.3 is 0 Å². The molecule has 1 heteroatoms. The van der Waals surface area contributed by atoms with Crippen LogP contribution in [0.1, 0.15) is 166 Å². The first-order valence-electron chi connectivity index (χ1n) is 16.2. The lowest BCUT2D eigenvalue weighted by molar-refractivity contribution is 0.223. The maximum absolute atomic E-state index is 9.93. The molecule has 1 aromatic carbocycles. The van der Waals surface area contributed by atoms with Crippen LogP contribution in [0.2, 0.25) is 0 Å². The molecule has 0 N–H and O–H groups in total. The molecule has 3 rings (SSSR count). The summed E-state index contributed by atoms with van der Waals surface area (Å²) in [6, 6.07) is 12.4. The zero-order valence-electron chi connectivity index (χ0n) is 24.0. The predicted octanol–water partition coefficient (Wildman–Crippen LogP) is 11.3. The first kappa shape index (κ1) is 29.3. The summed E-state index contributed by atoms with van der Waals surface area (Å²) in [5.74, 6) is 2.65. The molecule has 2 saturated carbocycles. The van der Waals surface area contributed by atoms with Crippen LogP contribution in [0.25, 0.3) is 0 Å². The molecule has 0 heterocycles. The van der Waals surface area contributed by atoms with Crippen LogP contribution in [-0.2, 0) is 6.42 Å². The van der Waals surface area contributed by atoms with Crippen molar-refractivity contribution in [2.24, 2.45) is 17.3 Å². The molecule has 0 saturated heterocycles. The lowest BCUT2D eigenvalue weighted by Gasteiger charge is -2.35. The minimum absolute atomic E-state index is 0.0310. The van der Waals surface area contributed by atoms with Crippen molar-refractivity contribution >= 4 is 0 Å². The highest BCUT2D eigenvalue weighted by atomic mass is 14.4. The number of nitriles is 1. The number of aryl methyl sites for hydroxylation is 1. The molecular weight excluding hydrogens is 434 g/mol. The quantitative estimate of drug-likeness (QED) is 0.211. The number of benzene rings is 1. The Hall–Kier alpha value is -1.29. The largest absolute Gasteiger partial charge is 0.198 e. The highest BCUT2D eigenvalue weighted by molar-refractivity contribution is 5.26. The zero-order valence-corrected chi connectivity index (χ0v) is 24.0. The van der Waals surface area contributed by atoms with Gasteiger partial charge < -0.3 is 0 Å². The summed E-state index contributed by atoms with van der Waals surface area (Å²) in [4.78, 5) is 0. The molecule has 0 radical (unpaired) electrons. The van der Waals surface area contributed by atoms with Crippen molar-refractivity contribution < 1.29 is 0 Å². The molecule has 0 bridgehead atoms. The number of nitrogens with zero attached hydrogens (tertiary/aromatic N) is 1. The van der Waals surface area contributed by atoms with Crippen LogP contribution in [0.5, 0.6) is 0 Å². The van der Waals surface area contributed by atoms with Gasteiger partial charge in [0.15, 0.2) is 0 Å². The SMILES string of the molecule is CCCCCCCC1(C#N)CCC(c2ccc(CC[C@H]3CC[C@H](CCCCCCC)CC3)cc2)CC1. The molecule has 2 aliphatic carbocycles. The van der Waals surface area contributed by atoms with Crippen molar-refractivity contribution in [3.8, 4) is 6.07 Å². The van der Waals surface area contributed by atoms with Gasteiger partial charge in [-0.15, -0.1) is 0 Å². The first-order valence-corrected chi connectivity index (χ1v) is 16.2. The minimum Gasteiger partial charge on any atom is -0.198 e. The zero-order chi connectivity index (χ0) is 25.5. The van der Waals surface area contributed by atoms with Gasteiger partial charge in [0.2, 0.25) is 0 Å². The van der Waals surface area contributed by atoms with E-state index in [1.165, 1.54) is 133 Å². The number of rotatable bonds is 16. The van der Waals surface area contributed by atoms with E-state index in [1.807, 2.05) is 0 Å². The van der Waals surface area contributed by atoms with E-state index in [4.69, 9.17) is 0 Å². The molecule has 0 spiro atoms. The summed E-state index contributed by atoms with van der Waals surface area (Å²) in [6.45, 7) is 4.58.